The third-order valence-corrected chi connectivity index (χ3v) is 11.1. The molecule has 7 aliphatic rings. The molecule has 1 aromatic heterocycles. The Bertz CT molecular complexity index is 1180. The Labute approximate surface area is 203 Å². The van der Waals surface area contributed by atoms with Gasteiger partial charge in [0.1, 0.15) is 6.10 Å². The molecule has 5 atom stereocenters. The molecular formula is C27H31N3O3S. The molecule has 7 heteroatoms. The number of ether oxygens (including phenoxy) is 1. The highest BCUT2D eigenvalue weighted by atomic mass is 32.1. The Morgan fingerprint density at radius 2 is 2.12 bits per heavy atom. The lowest BCUT2D eigenvalue weighted by molar-refractivity contribution is -0.143. The number of likely N-dealkylation sites (tertiary alicyclic amines) is 1. The zero-order valence-electron chi connectivity index (χ0n) is 19.4. The first-order valence-corrected chi connectivity index (χ1v) is 13.9. The lowest BCUT2D eigenvalue weighted by Crippen LogP contribution is -2.72. The highest BCUT2D eigenvalue weighted by Gasteiger charge is 2.74. The van der Waals surface area contributed by atoms with Gasteiger partial charge in [-0.05, 0) is 69.0 Å². The van der Waals surface area contributed by atoms with Crippen molar-refractivity contribution in [3.05, 3.63) is 39.8 Å². The number of amides is 1. The van der Waals surface area contributed by atoms with Gasteiger partial charge in [0.25, 0.3) is 0 Å². The van der Waals surface area contributed by atoms with Crippen molar-refractivity contribution in [2.45, 2.75) is 75.0 Å². The van der Waals surface area contributed by atoms with E-state index in [9.17, 15) is 9.90 Å². The van der Waals surface area contributed by atoms with Gasteiger partial charge in [0, 0.05) is 46.6 Å². The minimum atomic E-state index is -0.0815. The van der Waals surface area contributed by atoms with E-state index < -0.39 is 0 Å². The number of carbonyl (C=O) groups excluding carboxylic acids is 1. The smallest absolute Gasteiger partial charge is 0.228 e. The molecule has 2 aromatic rings. The number of hydrogen-bond donors (Lipinski definition) is 1. The van der Waals surface area contributed by atoms with Gasteiger partial charge in [-0.2, -0.15) is 0 Å². The predicted molar refractivity (Wildman–Crippen MR) is 128 cm³/mol. The van der Waals surface area contributed by atoms with Crippen molar-refractivity contribution >= 4 is 17.2 Å². The molecule has 3 saturated heterocycles. The number of nitrogens with zero attached hydrogens (tertiary/aromatic N) is 3. The normalized spacial score (nSPS) is 37.3. The predicted octanol–water partition coefficient (Wildman–Crippen LogP) is 3.51. The SMILES string of the molecule is O=C(Cc1cncs1)N1CC[C@@]23CC[C@@H]1[C@@H]1Oc4c(O)ccc5c4[C@@]12CCN(CC1CC1)[C@@H]3C5. The van der Waals surface area contributed by atoms with Crippen LogP contribution in [0, 0.1) is 11.3 Å². The Balaban J connectivity index is 1.26. The number of carbonyl (C=O) groups is 1. The minimum Gasteiger partial charge on any atom is -0.504 e. The molecule has 1 N–H and O–H groups in total. The van der Waals surface area contributed by atoms with Crippen LogP contribution in [0.3, 0.4) is 0 Å². The van der Waals surface area contributed by atoms with E-state index in [0.29, 0.717) is 12.5 Å². The van der Waals surface area contributed by atoms with E-state index in [1.54, 1.807) is 11.3 Å². The third kappa shape index (κ3) is 2.40. The summed E-state index contributed by atoms with van der Waals surface area (Å²) in [5.41, 5.74) is 4.53. The van der Waals surface area contributed by atoms with Crippen LogP contribution in [0.15, 0.2) is 23.8 Å². The quantitative estimate of drug-likeness (QED) is 0.730. The number of phenolic OH excluding ortho intramolecular Hbond substituents is 1. The van der Waals surface area contributed by atoms with E-state index in [-0.39, 0.29) is 34.6 Å². The number of aromatic nitrogens is 1. The molecule has 4 bridgehead atoms. The Hall–Kier alpha value is -2.12. The maximum atomic E-state index is 13.6. The molecule has 9 rings (SSSR count). The summed E-state index contributed by atoms with van der Waals surface area (Å²) in [4.78, 5) is 23.8. The molecular weight excluding hydrogens is 446 g/mol. The first-order valence-electron chi connectivity index (χ1n) is 13.0. The van der Waals surface area contributed by atoms with E-state index in [0.717, 1.165) is 61.7 Å². The van der Waals surface area contributed by atoms with Gasteiger partial charge in [0.05, 0.1) is 18.0 Å². The van der Waals surface area contributed by atoms with Crippen LogP contribution in [0.5, 0.6) is 11.5 Å². The molecule has 5 heterocycles. The first kappa shape index (κ1) is 20.1. The summed E-state index contributed by atoms with van der Waals surface area (Å²) in [6.45, 7) is 3.16. The second-order valence-corrected chi connectivity index (χ2v) is 12.6. The van der Waals surface area contributed by atoms with Crippen LogP contribution in [0.25, 0.3) is 0 Å². The van der Waals surface area contributed by atoms with E-state index in [1.165, 1.54) is 30.5 Å². The van der Waals surface area contributed by atoms with Gasteiger partial charge in [0.2, 0.25) is 5.91 Å². The second-order valence-electron chi connectivity index (χ2n) is 11.6. The van der Waals surface area contributed by atoms with Crippen LogP contribution >= 0.6 is 11.3 Å². The van der Waals surface area contributed by atoms with Crippen molar-refractivity contribution in [1.82, 2.24) is 14.8 Å². The first-order chi connectivity index (χ1) is 16.6. The topological polar surface area (TPSA) is 65.9 Å². The molecule has 34 heavy (non-hydrogen) atoms. The van der Waals surface area contributed by atoms with Crippen LogP contribution in [-0.4, -0.2) is 63.6 Å². The van der Waals surface area contributed by atoms with Crippen LogP contribution in [0.1, 0.15) is 54.5 Å². The largest absolute Gasteiger partial charge is 0.504 e. The maximum Gasteiger partial charge on any atom is 0.228 e. The average Bonchev–Trinajstić information content (AvgIpc) is 3.46. The van der Waals surface area contributed by atoms with Gasteiger partial charge < -0.3 is 14.7 Å². The van der Waals surface area contributed by atoms with Crippen LogP contribution in [0.4, 0.5) is 0 Å². The number of piperidine rings is 1. The molecule has 2 saturated carbocycles. The summed E-state index contributed by atoms with van der Waals surface area (Å²) >= 11 is 1.56. The summed E-state index contributed by atoms with van der Waals surface area (Å²) < 4.78 is 6.79. The van der Waals surface area contributed by atoms with E-state index >= 15 is 0 Å². The summed E-state index contributed by atoms with van der Waals surface area (Å²) in [5.74, 6) is 2.08. The molecule has 1 amide bonds. The fraction of sp³-hybridized carbons (Fsp3) is 0.630. The summed E-state index contributed by atoms with van der Waals surface area (Å²) in [7, 11) is 0. The molecule has 0 unspecified atom stereocenters. The van der Waals surface area contributed by atoms with Crippen LogP contribution in [0.2, 0.25) is 0 Å². The lowest BCUT2D eigenvalue weighted by Gasteiger charge is -2.66. The fourth-order valence-corrected chi connectivity index (χ4v) is 9.46. The average molecular weight is 478 g/mol. The molecule has 1 aromatic carbocycles. The maximum absolute atomic E-state index is 13.6. The summed E-state index contributed by atoms with van der Waals surface area (Å²) in [6.07, 6.45) is 10.3. The monoisotopic (exact) mass is 477 g/mol. The number of rotatable bonds is 4. The lowest BCUT2D eigenvalue weighted by atomic mass is 9.42. The van der Waals surface area contributed by atoms with Gasteiger partial charge in [-0.1, -0.05) is 6.07 Å². The Kier molecular flexibility index (Phi) is 4.00. The van der Waals surface area contributed by atoms with Crippen LogP contribution < -0.4 is 4.74 Å². The molecule has 178 valence electrons. The minimum absolute atomic E-state index is 0.0536. The summed E-state index contributed by atoms with van der Waals surface area (Å²) in [5, 5.41) is 10.9. The van der Waals surface area contributed by atoms with Gasteiger partial charge in [-0.25, -0.2) is 0 Å². The van der Waals surface area contributed by atoms with Gasteiger partial charge >= 0.3 is 0 Å². The number of aromatic hydroxyl groups is 1. The van der Waals surface area contributed by atoms with Crippen molar-refractivity contribution in [2.75, 3.05) is 19.6 Å². The van der Waals surface area contributed by atoms with Crippen molar-refractivity contribution in [3.63, 3.8) is 0 Å². The van der Waals surface area contributed by atoms with E-state index in [4.69, 9.17) is 4.74 Å². The molecule has 5 fully saturated rings. The number of benzene rings is 1. The highest BCUT2D eigenvalue weighted by Crippen LogP contribution is 2.71. The van der Waals surface area contributed by atoms with E-state index in [2.05, 4.69) is 20.9 Å². The van der Waals surface area contributed by atoms with E-state index in [1.807, 2.05) is 17.8 Å². The zero-order valence-corrected chi connectivity index (χ0v) is 20.2. The van der Waals surface area contributed by atoms with Crippen molar-refractivity contribution in [3.8, 4) is 11.5 Å². The van der Waals surface area contributed by atoms with Crippen molar-refractivity contribution < 1.29 is 14.6 Å². The van der Waals surface area contributed by atoms with Gasteiger partial charge in [-0.3, -0.25) is 14.7 Å². The molecule has 0 radical (unpaired) electrons. The Morgan fingerprint density at radius 1 is 1.21 bits per heavy atom. The zero-order chi connectivity index (χ0) is 22.7. The van der Waals surface area contributed by atoms with Crippen molar-refractivity contribution in [1.29, 1.82) is 0 Å². The number of fused-ring (bicyclic) bond motifs is 3. The number of hydrogen-bond acceptors (Lipinski definition) is 6. The summed E-state index contributed by atoms with van der Waals surface area (Å²) in [6, 6.07) is 4.58. The standard InChI is InChI=1S/C27H31N3O3S/c31-20-4-3-17-11-21-26-6-5-19(30(10-7-26)22(32)12-18-13-28-15-34-18)25-27(26,23(17)24(20)33-25)8-9-29(21)14-16-1-2-16/h3-4,13,15-16,19,21,25,31H,1-2,5-12,14H2/t19-,21-,25+,26-,27+/m1/s1. The molecule has 2 spiro atoms. The molecule has 6 nitrogen and oxygen atoms in total. The molecule has 4 aliphatic heterocycles. The number of thiazole rings is 1. The van der Waals surface area contributed by atoms with Gasteiger partial charge in [-0.15, -0.1) is 11.3 Å². The van der Waals surface area contributed by atoms with Crippen molar-refractivity contribution in [2.24, 2.45) is 11.3 Å². The fourth-order valence-electron chi connectivity index (χ4n) is 8.88. The molecule has 3 aliphatic carbocycles. The number of phenols is 1. The van der Waals surface area contributed by atoms with Crippen LogP contribution in [-0.2, 0) is 23.1 Å². The highest BCUT2D eigenvalue weighted by molar-refractivity contribution is 7.09. The second kappa shape index (κ2) is 6.76. The van der Waals surface area contributed by atoms with Gasteiger partial charge in [0.15, 0.2) is 11.5 Å². The third-order valence-electron chi connectivity index (χ3n) is 10.3. The Morgan fingerprint density at radius 3 is 2.94 bits per heavy atom.